The van der Waals surface area contributed by atoms with E-state index >= 15 is 0 Å². The molecule has 1 aromatic carbocycles. The third kappa shape index (κ3) is 5.57. The number of ether oxygens (including phenoxy) is 2. The highest BCUT2D eigenvalue weighted by Crippen LogP contribution is 2.32. The van der Waals surface area contributed by atoms with Gasteiger partial charge in [-0.2, -0.15) is 0 Å². The molecule has 0 saturated carbocycles. The van der Waals surface area contributed by atoms with Crippen LogP contribution in [0.3, 0.4) is 0 Å². The molecule has 1 aliphatic heterocycles. The lowest BCUT2D eigenvalue weighted by Gasteiger charge is -2.23. The molecular formula is C20H26N2O5. The molecule has 1 heterocycles. The van der Waals surface area contributed by atoms with Gasteiger partial charge in [0.2, 0.25) is 0 Å². The Morgan fingerprint density at radius 3 is 2.70 bits per heavy atom. The van der Waals surface area contributed by atoms with Gasteiger partial charge in [-0.25, -0.2) is 4.79 Å². The van der Waals surface area contributed by atoms with Gasteiger partial charge in [0, 0.05) is 13.5 Å². The zero-order chi connectivity index (χ0) is 20.2. The smallest absolute Gasteiger partial charge is 0.408 e. The summed E-state index contributed by atoms with van der Waals surface area (Å²) in [7, 11) is 1.62. The second-order valence-corrected chi connectivity index (χ2v) is 7.29. The van der Waals surface area contributed by atoms with Crippen LogP contribution in [0.4, 0.5) is 10.5 Å². The van der Waals surface area contributed by atoms with Crippen molar-refractivity contribution in [1.29, 1.82) is 0 Å². The first-order valence-corrected chi connectivity index (χ1v) is 8.85. The number of carbonyl (C=O) groups excluding carboxylic acids is 3. The number of allylic oxidation sites excluding steroid dienone is 1. The molecule has 1 N–H and O–H groups in total. The predicted octanol–water partition coefficient (Wildman–Crippen LogP) is 2.93. The van der Waals surface area contributed by atoms with E-state index in [4.69, 9.17) is 9.47 Å². The number of hydrogen-bond donors (Lipinski definition) is 1. The van der Waals surface area contributed by atoms with Gasteiger partial charge in [-0.05, 0) is 44.5 Å². The molecular weight excluding hydrogens is 348 g/mol. The van der Waals surface area contributed by atoms with Crippen LogP contribution in [0.5, 0.6) is 5.75 Å². The number of hydrogen-bond acceptors (Lipinski definition) is 5. The number of amides is 2. The fourth-order valence-electron chi connectivity index (χ4n) is 2.48. The number of carbonyl (C=O) groups is 3. The zero-order valence-corrected chi connectivity index (χ0v) is 16.4. The molecule has 1 atom stereocenters. The van der Waals surface area contributed by atoms with Gasteiger partial charge in [-0.3, -0.25) is 9.59 Å². The van der Waals surface area contributed by atoms with Crippen LogP contribution in [0.2, 0.25) is 0 Å². The van der Waals surface area contributed by atoms with Crippen LogP contribution in [0.1, 0.15) is 39.7 Å². The Morgan fingerprint density at radius 1 is 1.37 bits per heavy atom. The molecule has 0 fully saturated rings. The van der Waals surface area contributed by atoms with Gasteiger partial charge in [0.25, 0.3) is 5.91 Å². The van der Waals surface area contributed by atoms with Gasteiger partial charge < -0.3 is 19.7 Å². The Labute approximate surface area is 159 Å². The fourth-order valence-corrected chi connectivity index (χ4v) is 2.48. The average molecular weight is 374 g/mol. The highest BCUT2D eigenvalue weighted by atomic mass is 16.6. The second kappa shape index (κ2) is 8.24. The molecule has 2 amide bonds. The maximum absolute atomic E-state index is 12.7. The van der Waals surface area contributed by atoms with E-state index < -0.39 is 17.7 Å². The summed E-state index contributed by atoms with van der Waals surface area (Å²) >= 11 is 0. The number of benzene rings is 1. The maximum atomic E-state index is 12.7. The first-order chi connectivity index (χ1) is 12.6. The van der Waals surface area contributed by atoms with Gasteiger partial charge in [-0.1, -0.05) is 19.1 Å². The topological polar surface area (TPSA) is 84.9 Å². The van der Waals surface area contributed by atoms with Crippen molar-refractivity contribution < 1.29 is 23.9 Å². The average Bonchev–Trinajstić information content (AvgIpc) is 2.70. The molecule has 0 bridgehead atoms. The quantitative estimate of drug-likeness (QED) is 0.819. The van der Waals surface area contributed by atoms with E-state index in [0.717, 1.165) is 5.56 Å². The van der Waals surface area contributed by atoms with Gasteiger partial charge in [0.05, 0.1) is 5.69 Å². The van der Waals surface area contributed by atoms with Crippen molar-refractivity contribution in [3.8, 4) is 5.75 Å². The molecule has 27 heavy (non-hydrogen) atoms. The Balaban J connectivity index is 2.18. The SMILES string of the molecule is CCC(=O)/C=C/c1ccc2c(c1)N(C)C(=O)C(NC(=O)OC(C)(C)C)CO2. The summed E-state index contributed by atoms with van der Waals surface area (Å²) in [5.41, 5.74) is 0.682. The molecule has 0 saturated heterocycles. The lowest BCUT2D eigenvalue weighted by molar-refractivity contribution is -0.120. The van der Waals surface area contributed by atoms with Gasteiger partial charge in [-0.15, -0.1) is 0 Å². The molecule has 7 nitrogen and oxygen atoms in total. The molecule has 1 aromatic rings. The minimum absolute atomic E-state index is 0.00107. The van der Waals surface area contributed by atoms with E-state index in [1.165, 1.54) is 11.0 Å². The summed E-state index contributed by atoms with van der Waals surface area (Å²) in [4.78, 5) is 37.6. The fraction of sp³-hybridized carbons (Fsp3) is 0.450. The Hall–Kier alpha value is -2.83. The number of rotatable bonds is 4. The van der Waals surface area contributed by atoms with Crippen molar-refractivity contribution >= 4 is 29.5 Å². The summed E-state index contributed by atoms with van der Waals surface area (Å²) < 4.78 is 10.9. The van der Waals surface area contributed by atoms with Gasteiger partial charge in [0.15, 0.2) is 5.78 Å². The minimum Gasteiger partial charge on any atom is -0.489 e. The monoisotopic (exact) mass is 374 g/mol. The molecule has 0 spiro atoms. The van der Waals surface area contributed by atoms with Crippen molar-refractivity contribution in [3.63, 3.8) is 0 Å². The third-order valence-corrected chi connectivity index (χ3v) is 3.88. The standard InChI is InChI=1S/C20H26N2O5/c1-6-14(23)9-7-13-8-10-17-16(11-13)22(5)18(24)15(12-26-17)21-19(25)27-20(2,3)4/h7-11,15H,6,12H2,1-5H3,(H,21,25)/b9-7+. The van der Waals surface area contributed by atoms with Crippen molar-refractivity contribution in [2.45, 2.75) is 45.8 Å². The van der Waals surface area contributed by atoms with Crippen LogP contribution in [0.25, 0.3) is 6.08 Å². The maximum Gasteiger partial charge on any atom is 0.408 e. The van der Waals surface area contributed by atoms with Crippen molar-refractivity contribution in [2.24, 2.45) is 0 Å². The molecule has 0 radical (unpaired) electrons. The van der Waals surface area contributed by atoms with E-state index in [1.807, 2.05) is 0 Å². The van der Waals surface area contributed by atoms with Crippen LogP contribution in [-0.4, -0.2) is 43.1 Å². The van der Waals surface area contributed by atoms with Crippen molar-refractivity contribution in [2.75, 3.05) is 18.6 Å². The number of ketones is 1. The zero-order valence-electron chi connectivity index (χ0n) is 16.4. The summed E-state index contributed by atoms with van der Waals surface area (Å²) in [6.45, 7) is 7.04. The van der Waals surface area contributed by atoms with E-state index in [2.05, 4.69) is 5.32 Å². The van der Waals surface area contributed by atoms with E-state index in [-0.39, 0.29) is 18.3 Å². The summed E-state index contributed by atoms with van der Waals surface area (Å²) in [5, 5.41) is 2.56. The molecule has 146 valence electrons. The first-order valence-electron chi connectivity index (χ1n) is 8.85. The lowest BCUT2D eigenvalue weighted by atomic mass is 10.1. The Morgan fingerprint density at radius 2 is 2.07 bits per heavy atom. The summed E-state index contributed by atoms with van der Waals surface area (Å²) in [5.74, 6) is 0.232. The molecule has 1 unspecified atom stereocenters. The van der Waals surface area contributed by atoms with Gasteiger partial charge in [0.1, 0.15) is 24.0 Å². The molecule has 0 aliphatic carbocycles. The Kier molecular flexibility index (Phi) is 6.25. The number of nitrogens with zero attached hydrogens (tertiary/aromatic N) is 1. The largest absolute Gasteiger partial charge is 0.489 e. The van der Waals surface area contributed by atoms with Crippen LogP contribution in [-0.2, 0) is 14.3 Å². The molecule has 0 aromatic heterocycles. The predicted molar refractivity (Wildman–Crippen MR) is 103 cm³/mol. The minimum atomic E-state index is -0.863. The molecule has 1 aliphatic rings. The van der Waals surface area contributed by atoms with E-state index in [1.54, 1.807) is 59.0 Å². The van der Waals surface area contributed by atoms with Crippen LogP contribution < -0.4 is 15.0 Å². The Bertz CT molecular complexity index is 764. The molecule has 7 heteroatoms. The lowest BCUT2D eigenvalue weighted by Crippen LogP contribution is -2.50. The van der Waals surface area contributed by atoms with Crippen LogP contribution in [0, 0.1) is 0 Å². The van der Waals surface area contributed by atoms with Crippen LogP contribution in [0.15, 0.2) is 24.3 Å². The summed E-state index contributed by atoms with van der Waals surface area (Å²) in [6.07, 6.45) is 2.96. The number of nitrogens with one attached hydrogen (secondary N) is 1. The number of alkyl carbamates (subject to hydrolysis) is 1. The van der Waals surface area contributed by atoms with Crippen molar-refractivity contribution in [1.82, 2.24) is 5.32 Å². The number of anilines is 1. The second-order valence-electron chi connectivity index (χ2n) is 7.29. The van der Waals surface area contributed by atoms with Gasteiger partial charge >= 0.3 is 6.09 Å². The third-order valence-electron chi connectivity index (χ3n) is 3.88. The number of fused-ring (bicyclic) bond motifs is 1. The van der Waals surface area contributed by atoms with E-state index in [9.17, 15) is 14.4 Å². The highest BCUT2D eigenvalue weighted by Gasteiger charge is 2.31. The van der Waals surface area contributed by atoms with Crippen molar-refractivity contribution in [3.05, 3.63) is 29.8 Å². The normalized spacial score (nSPS) is 17.1. The first kappa shape index (κ1) is 20.5. The van der Waals surface area contributed by atoms with Crippen LogP contribution >= 0.6 is 0 Å². The number of likely N-dealkylation sites (N-methyl/N-ethyl adjacent to an activating group) is 1. The summed E-state index contributed by atoms with van der Waals surface area (Å²) in [6, 6.07) is 4.45. The molecule has 2 rings (SSSR count). The highest BCUT2D eigenvalue weighted by molar-refractivity contribution is 6.00. The van der Waals surface area contributed by atoms with E-state index in [0.29, 0.717) is 17.9 Å².